The molecule has 0 fully saturated rings. The minimum atomic E-state index is 0.933. The van der Waals surface area contributed by atoms with E-state index in [-0.39, 0.29) is 0 Å². The average molecular weight is 235 g/mol. The quantitative estimate of drug-likeness (QED) is 0.676. The molecule has 0 bridgehead atoms. The normalized spacial score (nSPS) is 10.1. The summed E-state index contributed by atoms with van der Waals surface area (Å²) in [5.74, 6) is 0. The Bertz CT molecular complexity index is 205. The summed E-state index contributed by atoms with van der Waals surface area (Å²) in [6.45, 7) is 5.02. The van der Waals surface area contributed by atoms with E-state index in [2.05, 4.69) is 40.8 Å². The van der Waals surface area contributed by atoms with Crippen LogP contribution in [0.4, 0.5) is 0 Å². The predicted octanol–water partition coefficient (Wildman–Crippen LogP) is 1.62. The number of hydrogen-bond donors (Lipinski definition) is 0. The highest BCUT2D eigenvalue weighted by molar-refractivity contribution is 14.1. The zero-order chi connectivity index (χ0) is 6.85. The van der Waals surface area contributed by atoms with Crippen LogP contribution in [-0.2, 0) is 6.54 Å². The molecule has 0 N–H and O–H groups in total. The van der Waals surface area contributed by atoms with Crippen LogP contribution in [0.5, 0.6) is 0 Å². The van der Waals surface area contributed by atoms with Crippen LogP contribution in [0.2, 0.25) is 0 Å². The summed E-state index contributed by atoms with van der Waals surface area (Å²) < 4.78 is 3.12. The zero-order valence-corrected chi connectivity index (χ0v) is 7.64. The molecule has 0 unspecified atom stereocenters. The first kappa shape index (κ1) is 7.05. The summed E-state index contributed by atoms with van der Waals surface area (Å²) in [5, 5.41) is 4.02. The van der Waals surface area contributed by atoms with E-state index in [0.717, 1.165) is 12.1 Å². The maximum absolute atomic E-state index is 4.02. The molecule has 1 aromatic rings. The van der Waals surface area contributed by atoms with Gasteiger partial charge in [-0.2, -0.15) is 5.10 Å². The first-order valence-electron chi connectivity index (χ1n) is 2.86. The van der Waals surface area contributed by atoms with Crippen LogP contribution in [0.25, 0.3) is 0 Å². The maximum Gasteiger partial charge on any atom is 0.117 e. The van der Waals surface area contributed by atoms with Crippen molar-refractivity contribution in [3.8, 4) is 0 Å². The lowest BCUT2D eigenvalue weighted by Gasteiger charge is -1.95. The topological polar surface area (TPSA) is 17.8 Å². The van der Waals surface area contributed by atoms with Crippen LogP contribution >= 0.6 is 22.6 Å². The van der Waals surface area contributed by atoms with Gasteiger partial charge in [0.15, 0.2) is 0 Å². The molecule has 0 saturated heterocycles. The lowest BCUT2D eigenvalue weighted by Crippen LogP contribution is -1.98. The van der Waals surface area contributed by atoms with Crippen molar-refractivity contribution in [3.05, 3.63) is 15.5 Å². The van der Waals surface area contributed by atoms with Crippen molar-refractivity contribution in [2.75, 3.05) is 0 Å². The van der Waals surface area contributed by atoms with Gasteiger partial charge < -0.3 is 0 Å². The fourth-order valence-corrected chi connectivity index (χ4v) is 1.20. The molecule has 0 aliphatic heterocycles. The van der Waals surface area contributed by atoms with E-state index in [1.807, 2.05) is 11.6 Å². The van der Waals surface area contributed by atoms with Crippen molar-refractivity contribution in [2.45, 2.75) is 20.4 Å². The summed E-state index contributed by atoms with van der Waals surface area (Å²) in [4.78, 5) is 0. The minimum absolute atomic E-state index is 0.933. The second-order valence-corrected chi connectivity index (χ2v) is 2.87. The molecule has 0 aromatic carbocycles. The standard InChI is InChI=1S/C6H8IN2/c1-3-9-6(7)5(2)4-8-9/h3H2,1-2H3. The third-order valence-electron chi connectivity index (χ3n) is 1.17. The van der Waals surface area contributed by atoms with Gasteiger partial charge in [0.2, 0.25) is 0 Å². The fourth-order valence-electron chi connectivity index (χ4n) is 0.628. The van der Waals surface area contributed by atoms with Gasteiger partial charge in [0.05, 0.1) is 0 Å². The highest BCUT2D eigenvalue weighted by atomic mass is 127. The van der Waals surface area contributed by atoms with Gasteiger partial charge >= 0.3 is 0 Å². The van der Waals surface area contributed by atoms with E-state index in [1.54, 1.807) is 0 Å². The Morgan fingerprint density at radius 2 is 2.44 bits per heavy atom. The molecule has 3 heteroatoms. The third-order valence-corrected chi connectivity index (χ3v) is 2.54. The molecule has 0 atom stereocenters. The van der Waals surface area contributed by atoms with Crippen LogP contribution in [0, 0.1) is 16.8 Å². The molecular formula is C6H8IN2. The van der Waals surface area contributed by atoms with Gasteiger partial charge in [0.25, 0.3) is 0 Å². The van der Waals surface area contributed by atoms with Gasteiger partial charge in [0.1, 0.15) is 9.90 Å². The molecule has 9 heavy (non-hydrogen) atoms. The highest BCUT2D eigenvalue weighted by Crippen LogP contribution is 2.08. The summed E-state index contributed by atoms with van der Waals surface area (Å²) in [7, 11) is 0. The first-order valence-corrected chi connectivity index (χ1v) is 3.94. The second kappa shape index (κ2) is 2.68. The molecule has 1 aromatic heterocycles. The van der Waals surface area contributed by atoms with Gasteiger partial charge in [-0.3, -0.25) is 4.68 Å². The Hall–Kier alpha value is -0.0600. The first-order chi connectivity index (χ1) is 4.25. The van der Waals surface area contributed by atoms with Crippen molar-refractivity contribution in [1.82, 2.24) is 9.78 Å². The van der Waals surface area contributed by atoms with E-state index in [4.69, 9.17) is 0 Å². The Labute approximate surface area is 68.4 Å². The smallest absolute Gasteiger partial charge is 0.117 e. The highest BCUT2D eigenvalue weighted by Gasteiger charge is 1.99. The lowest BCUT2D eigenvalue weighted by molar-refractivity contribution is 0.642. The molecule has 0 aliphatic carbocycles. The van der Waals surface area contributed by atoms with Gasteiger partial charge in [0, 0.05) is 12.1 Å². The van der Waals surface area contributed by atoms with E-state index in [1.165, 1.54) is 3.70 Å². The summed E-state index contributed by atoms with van der Waals surface area (Å²) in [5.41, 5.74) is 1.14. The number of halogens is 1. The Morgan fingerprint density at radius 1 is 1.78 bits per heavy atom. The Kier molecular flexibility index (Phi) is 2.10. The predicted molar refractivity (Wildman–Crippen MR) is 44.2 cm³/mol. The van der Waals surface area contributed by atoms with Gasteiger partial charge in [-0.15, -0.1) is 0 Å². The van der Waals surface area contributed by atoms with Crippen molar-refractivity contribution < 1.29 is 0 Å². The molecule has 1 radical (unpaired) electrons. The fraction of sp³-hybridized carbons (Fsp3) is 0.500. The number of aromatic nitrogens is 2. The van der Waals surface area contributed by atoms with Gasteiger partial charge in [-0.25, -0.2) is 0 Å². The molecule has 2 nitrogen and oxygen atoms in total. The minimum Gasteiger partial charge on any atom is -0.259 e. The van der Waals surface area contributed by atoms with Crippen molar-refractivity contribution >= 4 is 22.6 Å². The van der Waals surface area contributed by atoms with Crippen LogP contribution in [-0.4, -0.2) is 9.78 Å². The number of rotatable bonds is 1. The number of aryl methyl sites for hydroxylation is 2. The third kappa shape index (κ3) is 1.26. The summed E-state index contributed by atoms with van der Waals surface area (Å²) in [6.07, 6.45) is 2.89. The van der Waals surface area contributed by atoms with E-state index in [0.29, 0.717) is 0 Å². The lowest BCUT2D eigenvalue weighted by atomic mass is 10.4. The molecule has 0 amide bonds. The monoisotopic (exact) mass is 235 g/mol. The molecule has 1 rings (SSSR count). The molecular weight excluding hydrogens is 227 g/mol. The van der Waals surface area contributed by atoms with Gasteiger partial charge in [-0.1, -0.05) is 0 Å². The molecule has 49 valence electrons. The SMILES string of the molecule is CCn1n[c]c(C)c1I. The van der Waals surface area contributed by atoms with E-state index >= 15 is 0 Å². The van der Waals surface area contributed by atoms with Crippen molar-refractivity contribution in [3.63, 3.8) is 0 Å². The summed E-state index contributed by atoms with van der Waals surface area (Å²) >= 11 is 2.27. The number of nitrogens with zero attached hydrogens (tertiary/aromatic N) is 2. The number of hydrogen-bond acceptors (Lipinski definition) is 1. The van der Waals surface area contributed by atoms with E-state index < -0.39 is 0 Å². The summed E-state index contributed by atoms with van der Waals surface area (Å²) in [6, 6.07) is 0. The Balaban J connectivity index is 3.04. The largest absolute Gasteiger partial charge is 0.259 e. The van der Waals surface area contributed by atoms with Crippen LogP contribution in [0.1, 0.15) is 12.5 Å². The van der Waals surface area contributed by atoms with Crippen LogP contribution in [0.15, 0.2) is 0 Å². The maximum atomic E-state index is 4.02. The molecule has 0 aliphatic rings. The Morgan fingerprint density at radius 3 is 2.67 bits per heavy atom. The zero-order valence-electron chi connectivity index (χ0n) is 5.48. The van der Waals surface area contributed by atoms with E-state index in [9.17, 15) is 0 Å². The van der Waals surface area contributed by atoms with Crippen molar-refractivity contribution in [2.24, 2.45) is 0 Å². The van der Waals surface area contributed by atoms with Crippen molar-refractivity contribution in [1.29, 1.82) is 0 Å². The molecule has 0 spiro atoms. The molecule has 0 saturated carbocycles. The molecule has 1 heterocycles. The van der Waals surface area contributed by atoms with Crippen LogP contribution in [0.3, 0.4) is 0 Å². The van der Waals surface area contributed by atoms with Gasteiger partial charge in [-0.05, 0) is 36.4 Å². The van der Waals surface area contributed by atoms with Crippen LogP contribution < -0.4 is 0 Å². The second-order valence-electron chi connectivity index (χ2n) is 1.84. The average Bonchev–Trinajstić information content (AvgIpc) is 2.15.